The number of carbonyl (C=O) groups excluding carboxylic acids is 1. The number of carbonyl (C=O) groups is 1. The minimum absolute atomic E-state index is 0.138. The van der Waals surface area contributed by atoms with Crippen molar-refractivity contribution in [2.75, 3.05) is 10.6 Å². The molecule has 2 aromatic carbocycles. The van der Waals surface area contributed by atoms with Gasteiger partial charge in [0.05, 0.1) is 5.69 Å². The third kappa shape index (κ3) is 5.34. The lowest BCUT2D eigenvalue weighted by Gasteiger charge is -2.10. The number of nitrogens with one attached hydrogen (secondary N) is 2. The standard InChI is InChI=1S/C21H22FN3O/c1-4-5-17(13-15(3)23)16-7-9-18(10-8-16)24-21(26)25-20-12-14(2)6-11-19(20)22/h4-13H,1,23H2,2-3H3,(H2,24,25,26)/b15-13-,17-5+. The number of nitrogens with two attached hydrogens (primary N) is 1. The Hall–Kier alpha value is -3.34. The maximum Gasteiger partial charge on any atom is 0.323 e. The van der Waals surface area contributed by atoms with Crippen LogP contribution < -0.4 is 16.4 Å². The Balaban J connectivity index is 2.10. The van der Waals surface area contributed by atoms with Gasteiger partial charge in [0.1, 0.15) is 5.82 Å². The lowest BCUT2D eigenvalue weighted by Crippen LogP contribution is -2.20. The van der Waals surface area contributed by atoms with Gasteiger partial charge >= 0.3 is 6.03 Å². The molecule has 2 amide bonds. The summed E-state index contributed by atoms with van der Waals surface area (Å²) in [6.45, 7) is 7.33. The van der Waals surface area contributed by atoms with E-state index in [1.807, 2.05) is 38.1 Å². The van der Waals surface area contributed by atoms with Crippen molar-refractivity contribution in [3.63, 3.8) is 0 Å². The van der Waals surface area contributed by atoms with Crippen LogP contribution in [0, 0.1) is 12.7 Å². The van der Waals surface area contributed by atoms with Gasteiger partial charge in [0.2, 0.25) is 0 Å². The SMILES string of the molecule is C=C/C=C(\C=C(\C)N)c1ccc(NC(=O)Nc2cc(C)ccc2F)cc1. The van der Waals surface area contributed by atoms with E-state index in [0.29, 0.717) is 11.4 Å². The van der Waals surface area contributed by atoms with Gasteiger partial charge in [0, 0.05) is 11.4 Å². The van der Waals surface area contributed by atoms with Crippen LogP contribution in [-0.4, -0.2) is 6.03 Å². The maximum atomic E-state index is 13.7. The summed E-state index contributed by atoms with van der Waals surface area (Å²) >= 11 is 0. The van der Waals surface area contributed by atoms with Gasteiger partial charge in [-0.25, -0.2) is 9.18 Å². The first-order chi connectivity index (χ1) is 12.4. The highest BCUT2D eigenvalue weighted by molar-refractivity contribution is 6.00. The monoisotopic (exact) mass is 351 g/mol. The first kappa shape index (κ1) is 19.0. The van der Waals surface area contributed by atoms with Gasteiger partial charge in [0.25, 0.3) is 0 Å². The molecule has 2 rings (SSSR count). The molecule has 0 radical (unpaired) electrons. The van der Waals surface area contributed by atoms with E-state index in [4.69, 9.17) is 5.73 Å². The van der Waals surface area contributed by atoms with E-state index in [2.05, 4.69) is 17.2 Å². The van der Waals surface area contributed by atoms with Gasteiger partial charge < -0.3 is 16.4 Å². The van der Waals surface area contributed by atoms with Crippen LogP contribution in [0.1, 0.15) is 18.1 Å². The van der Waals surface area contributed by atoms with Crippen LogP contribution in [0.4, 0.5) is 20.6 Å². The van der Waals surface area contributed by atoms with Crippen molar-refractivity contribution in [2.24, 2.45) is 5.73 Å². The first-order valence-electron chi connectivity index (χ1n) is 8.10. The van der Waals surface area contributed by atoms with Gasteiger partial charge in [-0.15, -0.1) is 0 Å². The fraction of sp³-hybridized carbons (Fsp3) is 0.0952. The molecule has 0 atom stereocenters. The van der Waals surface area contributed by atoms with Gasteiger partial charge in [-0.2, -0.15) is 0 Å². The van der Waals surface area contributed by atoms with Crippen LogP contribution in [0.3, 0.4) is 0 Å². The molecule has 4 nitrogen and oxygen atoms in total. The average Bonchev–Trinajstić information content (AvgIpc) is 2.58. The Morgan fingerprint density at radius 2 is 1.85 bits per heavy atom. The first-order valence-corrected chi connectivity index (χ1v) is 8.10. The molecule has 0 aromatic heterocycles. The van der Waals surface area contributed by atoms with Gasteiger partial charge in [-0.1, -0.05) is 36.9 Å². The second-order valence-corrected chi connectivity index (χ2v) is 5.89. The van der Waals surface area contributed by atoms with Crippen molar-refractivity contribution in [3.8, 4) is 0 Å². The Morgan fingerprint density at radius 1 is 1.15 bits per heavy atom. The molecule has 0 saturated heterocycles. The van der Waals surface area contributed by atoms with Crippen molar-refractivity contribution in [1.82, 2.24) is 0 Å². The molecular weight excluding hydrogens is 329 g/mol. The Labute approximate surface area is 152 Å². The van der Waals surface area contributed by atoms with Crippen LogP contribution in [-0.2, 0) is 0 Å². The van der Waals surface area contributed by atoms with Crippen molar-refractivity contribution >= 4 is 23.0 Å². The number of anilines is 2. The second-order valence-electron chi connectivity index (χ2n) is 5.89. The van der Waals surface area contributed by atoms with E-state index in [-0.39, 0.29) is 5.69 Å². The molecule has 0 aliphatic heterocycles. The molecule has 2 aromatic rings. The molecule has 134 valence electrons. The number of hydrogen-bond donors (Lipinski definition) is 3. The third-order valence-electron chi connectivity index (χ3n) is 3.53. The largest absolute Gasteiger partial charge is 0.402 e. The number of rotatable bonds is 5. The normalized spacial score (nSPS) is 11.8. The molecule has 0 bridgehead atoms. The van der Waals surface area contributed by atoms with Gasteiger partial charge in [-0.05, 0) is 60.9 Å². The minimum Gasteiger partial charge on any atom is -0.402 e. The second kappa shape index (κ2) is 8.67. The summed E-state index contributed by atoms with van der Waals surface area (Å²) in [5.41, 5.74) is 9.86. The van der Waals surface area contributed by atoms with Crippen molar-refractivity contribution < 1.29 is 9.18 Å². The number of benzene rings is 2. The highest BCUT2D eigenvalue weighted by atomic mass is 19.1. The molecule has 0 aliphatic rings. The highest BCUT2D eigenvalue weighted by Crippen LogP contribution is 2.20. The average molecular weight is 351 g/mol. The van der Waals surface area contributed by atoms with Crippen LogP contribution in [0.2, 0.25) is 0 Å². The fourth-order valence-electron chi connectivity index (χ4n) is 2.37. The lowest BCUT2D eigenvalue weighted by molar-refractivity contribution is 0.262. The predicted octanol–water partition coefficient (Wildman–Crippen LogP) is 5.21. The number of hydrogen-bond acceptors (Lipinski definition) is 2. The van der Waals surface area contributed by atoms with E-state index < -0.39 is 11.8 Å². The molecule has 0 spiro atoms. The smallest absolute Gasteiger partial charge is 0.323 e. The summed E-state index contributed by atoms with van der Waals surface area (Å²) in [5, 5.41) is 5.19. The van der Waals surface area contributed by atoms with E-state index in [9.17, 15) is 9.18 Å². The zero-order valence-corrected chi connectivity index (χ0v) is 14.8. The molecule has 0 heterocycles. The number of halogens is 1. The number of aryl methyl sites for hydroxylation is 1. The molecule has 5 heteroatoms. The zero-order valence-electron chi connectivity index (χ0n) is 14.8. The van der Waals surface area contributed by atoms with E-state index in [0.717, 1.165) is 16.7 Å². The van der Waals surface area contributed by atoms with E-state index in [1.165, 1.54) is 6.07 Å². The minimum atomic E-state index is -0.512. The van der Waals surface area contributed by atoms with Gasteiger partial charge in [0.15, 0.2) is 0 Å². The Kier molecular flexibility index (Phi) is 6.33. The van der Waals surface area contributed by atoms with Crippen molar-refractivity contribution in [3.05, 3.63) is 89.9 Å². The molecule has 0 unspecified atom stereocenters. The van der Waals surface area contributed by atoms with Crippen LogP contribution in [0.25, 0.3) is 5.57 Å². The van der Waals surface area contributed by atoms with Crippen LogP contribution in [0.15, 0.2) is 73.0 Å². The highest BCUT2D eigenvalue weighted by Gasteiger charge is 2.08. The molecule has 4 N–H and O–H groups in total. The Morgan fingerprint density at radius 3 is 2.46 bits per heavy atom. The lowest BCUT2D eigenvalue weighted by atomic mass is 10.0. The van der Waals surface area contributed by atoms with Gasteiger partial charge in [-0.3, -0.25) is 0 Å². The van der Waals surface area contributed by atoms with E-state index in [1.54, 1.807) is 30.3 Å². The van der Waals surface area contributed by atoms with Crippen molar-refractivity contribution in [2.45, 2.75) is 13.8 Å². The summed E-state index contributed by atoms with van der Waals surface area (Å²) < 4.78 is 13.7. The van der Waals surface area contributed by atoms with E-state index >= 15 is 0 Å². The number of allylic oxidation sites excluding steroid dienone is 5. The molecule has 26 heavy (non-hydrogen) atoms. The molecule has 0 fully saturated rings. The number of amides is 2. The number of urea groups is 1. The molecule has 0 aliphatic carbocycles. The summed E-state index contributed by atoms with van der Waals surface area (Å²) in [7, 11) is 0. The van der Waals surface area contributed by atoms with Crippen LogP contribution >= 0.6 is 0 Å². The Bertz CT molecular complexity index is 863. The topological polar surface area (TPSA) is 67.1 Å². The summed E-state index contributed by atoms with van der Waals surface area (Å²) in [6, 6.07) is 11.3. The maximum absolute atomic E-state index is 13.7. The quantitative estimate of drug-likeness (QED) is 0.647. The summed E-state index contributed by atoms with van der Waals surface area (Å²) in [6.07, 6.45) is 5.38. The zero-order chi connectivity index (χ0) is 19.1. The predicted molar refractivity (Wildman–Crippen MR) is 106 cm³/mol. The molecular formula is C21H22FN3O. The fourth-order valence-corrected chi connectivity index (χ4v) is 2.37. The summed E-state index contributed by atoms with van der Waals surface area (Å²) in [4.78, 5) is 12.1. The molecule has 0 saturated carbocycles. The van der Waals surface area contributed by atoms with Crippen LogP contribution in [0.5, 0.6) is 0 Å². The summed E-state index contributed by atoms with van der Waals surface area (Å²) in [5.74, 6) is -0.482. The van der Waals surface area contributed by atoms with Crippen molar-refractivity contribution in [1.29, 1.82) is 0 Å². The third-order valence-corrected chi connectivity index (χ3v) is 3.53.